The van der Waals surface area contributed by atoms with Gasteiger partial charge in [0.1, 0.15) is 5.60 Å². The number of nitro benzene ring substituents is 1. The molecule has 1 heterocycles. The van der Waals surface area contributed by atoms with E-state index in [-0.39, 0.29) is 16.2 Å². The second-order valence-corrected chi connectivity index (χ2v) is 6.92. The van der Waals surface area contributed by atoms with E-state index in [9.17, 15) is 10.1 Å². The molecule has 1 aliphatic heterocycles. The summed E-state index contributed by atoms with van der Waals surface area (Å²) in [6.07, 6.45) is 1.99. The molecule has 0 aromatic heterocycles. The molecule has 1 spiro atoms. The summed E-state index contributed by atoms with van der Waals surface area (Å²) in [7, 11) is 1.61. The van der Waals surface area contributed by atoms with Crippen LogP contribution in [0, 0.1) is 10.1 Å². The minimum atomic E-state index is -0.364. The summed E-state index contributed by atoms with van der Waals surface area (Å²) >= 11 is 0. The number of fused-ring (bicyclic) bond motifs is 2. The summed E-state index contributed by atoms with van der Waals surface area (Å²) in [5.41, 5.74) is 4.26. The van der Waals surface area contributed by atoms with E-state index in [1.165, 1.54) is 11.1 Å². The number of methoxy groups -OCH3 is 1. The molecular formula is C20H22N2O4. The number of non-ortho nitro benzene ring substituents is 1. The van der Waals surface area contributed by atoms with Crippen molar-refractivity contribution in [3.8, 4) is 0 Å². The minimum absolute atomic E-state index is 0.0926. The first-order valence-corrected chi connectivity index (χ1v) is 8.86. The maximum atomic E-state index is 11.1. The predicted octanol–water partition coefficient (Wildman–Crippen LogP) is 3.42. The maximum Gasteiger partial charge on any atom is 0.269 e. The van der Waals surface area contributed by atoms with Gasteiger partial charge < -0.3 is 14.4 Å². The molecule has 6 nitrogen and oxygen atoms in total. The van der Waals surface area contributed by atoms with Gasteiger partial charge in [0.25, 0.3) is 5.69 Å². The lowest BCUT2D eigenvalue weighted by Crippen LogP contribution is -2.49. The van der Waals surface area contributed by atoms with Crippen LogP contribution in [0.2, 0.25) is 0 Å². The van der Waals surface area contributed by atoms with Crippen molar-refractivity contribution in [1.82, 2.24) is 0 Å². The lowest BCUT2D eigenvalue weighted by molar-refractivity contribution is -0.384. The van der Waals surface area contributed by atoms with E-state index in [4.69, 9.17) is 9.47 Å². The summed E-state index contributed by atoms with van der Waals surface area (Å²) < 4.78 is 11.6. The SMILES string of the molecule is COCc1cc([N+](=O)[O-])ccc1N1CCOC2(CCc3ccccc32)C1. The van der Waals surface area contributed by atoms with Gasteiger partial charge in [0.05, 0.1) is 24.7 Å². The zero-order chi connectivity index (χ0) is 18.1. The predicted molar refractivity (Wildman–Crippen MR) is 98.4 cm³/mol. The highest BCUT2D eigenvalue weighted by Gasteiger charge is 2.43. The Balaban J connectivity index is 1.68. The third-order valence-corrected chi connectivity index (χ3v) is 5.41. The second kappa shape index (κ2) is 6.70. The molecule has 0 amide bonds. The monoisotopic (exact) mass is 354 g/mol. The van der Waals surface area contributed by atoms with E-state index in [2.05, 4.69) is 29.2 Å². The molecule has 6 heteroatoms. The molecule has 1 saturated heterocycles. The fourth-order valence-electron chi connectivity index (χ4n) is 4.22. The largest absolute Gasteiger partial charge is 0.380 e. The molecule has 2 aromatic carbocycles. The first kappa shape index (κ1) is 17.0. The Morgan fingerprint density at radius 1 is 1.31 bits per heavy atom. The molecule has 1 fully saturated rings. The van der Waals surface area contributed by atoms with Crippen LogP contribution in [0.1, 0.15) is 23.1 Å². The van der Waals surface area contributed by atoms with Crippen LogP contribution >= 0.6 is 0 Å². The summed E-state index contributed by atoms with van der Waals surface area (Å²) in [4.78, 5) is 13.0. The summed E-state index contributed by atoms with van der Waals surface area (Å²) in [5, 5.41) is 11.1. The van der Waals surface area contributed by atoms with E-state index in [1.807, 2.05) is 6.07 Å². The Morgan fingerprint density at radius 3 is 2.96 bits per heavy atom. The Labute approximate surface area is 152 Å². The van der Waals surface area contributed by atoms with Crippen molar-refractivity contribution < 1.29 is 14.4 Å². The van der Waals surface area contributed by atoms with Crippen LogP contribution in [0.25, 0.3) is 0 Å². The van der Waals surface area contributed by atoms with Crippen LogP contribution < -0.4 is 4.90 Å². The van der Waals surface area contributed by atoms with Gasteiger partial charge in [0, 0.05) is 37.0 Å². The fourth-order valence-corrected chi connectivity index (χ4v) is 4.22. The average Bonchev–Trinajstić information content (AvgIpc) is 3.00. The van der Waals surface area contributed by atoms with Gasteiger partial charge in [-0.05, 0) is 30.0 Å². The molecule has 1 unspecified atom stereocenters. The number of morpholine rings is 1. The summed E-state index contributed by atoms with van der Waals surface area (Å²) in [5.74, 6) is 0. The van der Waals surface area contributed by atoms with Crippen LogP contribution in [0.3, 0.4) is 0 Å². The lowest BCUT2D eigenvalue weighted by Gasteiger charge is -2.42. The van der Waals surface area contributed by atoms with Gasteiger partial charge in [-0.2, -0.15) is 0 Å². The van der Waals surface area contributed by atoms with Gasteiger partial charge in [-0.25, -0.2) is 0 Å². The summed E-state index contributed by atoms with van der Waals surface area (Å²) in [6, 6.07) is 13.5. The highest BCUT2D eigenvalue weighted by molar-refractivity contribution is 5.59. The van der Waals surface area contributed by atoms with Crippen molar-refractivity contribution in [2.75, 3.05) is 31.7 Å². The zero-order valence-corrected chi connectivity index (χ0v) is 14.8. The zero-order valence-electron chi connectivity index (χ0n) is 14.8. The van der Waals surface area contributed by atoms with Crippen molar-refractivity contribution in [1.29, 1.82) is 0 Å². The number of anilines is 1. The molecule has 0 radical (unpaired) electrons. The van der Waals surface area contributed by atoms with Crippen molar-refractivity contribution >= 4 is 11.4 Å². The number of rotatable bonds is 4. The first-order chi connectivity index (χ1) is 12.6. The Kier molecular flexibility index (Phi) is 4.38. The van der Waals surface area contributed by atoms with Gasteiger partial charge >= 0.3 is 0 Å². The number of hydrogen-bond acceptors (Lipinski definition) is 5. The molecule has 0 saturated carbocycles. The van der Waals surface area contributed by atoms with Crippen LogP contribution in [0.5, 0.6) is 0 Å². The molecule has 2 aromatic rings. The van der Waals surface area contributed by atoms with Gasteiger partial charge in [0.2, 0.25) is 0 Å². The molecule has 136 valence electrons. The molecule has 0 bridgehead atoms. The molecule has 2 aliphatic rings. The van der Waals surface area contributed by atoms with Crippen LogP contribution in [0.15, 0.2) is 42.5 Å². The van der Waals surface area contributed by atoms with E-state index < -0.39 is 0 Å². The van der Waals surface area contributed by atoms with Crippen molar-refractivity contribution in [3.05, 3.63) is 69.3 Å². The third kappa shape index (κ3) is 2.85. The van der Waals surface area contributed by atoms with E-state index in [0.29, 0.717) is 13.2 Å². The Morgan fingerprint density at radius 2 is 2.15 bits per heavy atom. The number of nitro groups is 1. The number of ether oxygens (including phenoxy) is 2. The summed E-state index contributed by atoms with van der Waals surface area (Å²) in [6.45, 7) is 2.49. The molecule has 0 N–H and O–H groups in total. The standard InChI is InChI=1S/C20H22N2O4/c1-25-13-16-12-17(22(23)24)6-7-19(16)21-10-11-26-20(14-21)9-8-15-4-2-3-5-18(15)20/h2-7,12H,8-11,13-14H2,1H3. The number of nitrogens with zero attached hydrogens (tertiary/aromatic N) is 2. The van der Waals surface area contributed by atoms with Gasteiger partial charge in [0.15, 0.2) is 0 Å². The van der Waals surface area contributed by atoms with E-state index in [0.717, 1.165) is 37.2 Å². The normalized spacial score (nSPS) is 21.8. The maximum absolute atomic E-state index is 11.1. The number of benzene rings is 2. The van der Waals surface area contributed by atoms with Gasteiger partial charge in [-0.1, -0.05) is 24.3 Å². The van der Waals surface area contributed by atoms with E-state index >= 15 is 0 Å². The van der Waals surface area contributed by atoms with Gasteiger partial charge in [-0.15, -0.1) is 0 Å². The Hall–Kier alpha value is -2.44. The highest BCUT2D eigenvalue weighted by Crippen LogP contribution is 2.43. The van der Waals surface area contributed by atoms with Gasteiger partial charge in [-0.3, -0.25) is 10.1 Å². The topological polar surface area (TPSA) is 64.8 Å². The van der Waals surface area contributed by atoms with Crippen LogP contribution in [0.4, 0.5) is 11.4 Å². The highest BCUT2D eigenvalue weighted by atomic mass is 16.6. The van der Waals surface area contributed by atoms with E-state index in [1.54, 1.807) is 19.2 Å². The smallest absolute Gasteiger partial charge is 0.269 e. The minimum Gasteiger partial charge on any atom is -0.380 e. The number of aryl methyl sites for hydroxylation is 1. The molecule has 1 aliphatic carbocycles. The van der Waals surface area contributed by atoms with Crippen LogP contribution in [-0.4, -0.2) is 31.7 Å². The molecule has 1 atom stereocenters. The van der Waals surface area contributed by atoms with Crippen molar-refractivity contribution in [3.63, 3.8) is 0 Å². The second-order valence-electron chi connectivity index (χ2n) is 6.92. The lowest BCUT2D eigenvalue weighted by atomic mass is 9.93. The molecular weight excluding hydrogens is 332 g/mol. The van der Waals surface area contributed by atoms with Crippen LogP contribution in [-0.2, 0) is 28.1 Å². The first-order valence-electron chi connectivity index (χ1n) is 8.86. The quantitative estimate of drug-likeness (QED) is 0.622. The third-order valence-electron chi connectivity index (χ3n) is 5.41. The molecule has 4 rings (SSSR count). The number of hydrogen-bond donors (Lipinski definition) is 0. The molecule has 26 heavy (non-hydrogen) atoms. The average molecular weight is 354 g/mol. The van der Waals surface area contributed by atoms with Crippen molar-refractivity contribution in [2.45, 2.75) is 25.0 Å². The fraction of sp³-hybridized carbons (Fsp3) is 0.400. The van der Waals surface area contributed by atoms with Crippen molar-refractivity contribution in [2.24, 2.45) is 0 Å². The Bertz CT molecular complexity index is 834.